The fourth-order valence-corrected chi connectivity index (χ4v) is 7.14. The van der Waals surface area contributed by atoms with Gasteiger partial charge in [0, 0.05) is 0 Å². The van der Waals surface area contributed by atoms with Gasteiger partial charge in [-0.2, -0.15) is 0 Å². The van der Waals surface area contributed by atoms with Crippen LogP contribution in [0.5, 0.6) is 0 Å². The first kappa shape index (κ1) is 21.4. The Balaban J connectivity index is -0.000000480. The Kier molecular flexibility index (Phi) is 11.8. The minimum absolute atomic E-state index is 0. The molecular weight excluding hydrogens is 322 g/mol. The van der Waals surface area contributed by atoms with E-state index < -0.39 is 21.8 Å². The van der Waals surface area contributed by atoms with Gasteiger partial charge in [0.15, 0.2) is 0 Å². The van der Waals surface area contributed by atoms with Gasteiger partial charge in [0.05, 0.1) is 0 Å². The van der Waals surface area contributed by atoms with Crippen LogP contribution in [0.15, 0.2) is 20.0 Å². The maximum atomic E-state index is 2.49. The van der Waals surface area contributed by atoms with Gasteiger partial charge < -0.3 is 24.8 Å². The smallest absolute Gasteiger partial charge is 0.0149 e. The van der Waals surface area contributed by atoms with Gasteiger partial charge in [0.2, 0.25) is 0 Å². The van der Waals surface area contributed by atoms with Gasteiger partial charge in [-0.1, -0.05) is 0 Å². The van der Waals surface area contributed by atoms with Gasteiger partial charge in [-0.15, -0.1) is 0 Å². The van der Waals surface area contributed by atoms with Crippen molar-refractivity contribution < 1.29 is 46.6 Å². The van der Waals surface area contributed by atoms with Crippen molar-refractivity contribution in [1.29, 1.82) is 0 Å². The Labute approximate surface area is 120 Å². The van der Waals surface area contributed by atoms with Gasteiger partial charge >= 0.3 is 84.6 Å². The van der Waals surface area contributed by atoms with Crippen LogP contribution in [0.4, 0.5) is 0 Å². The zero-order chi connectivity index (χ0) is 9.46. The Hall–Kier alpha value is 1.16. The number of hydrogen-bond donors (Lipinski definition) is 0. The monoisotopic (exact) mass is 343 g/mol. The summed E-state index contributed by atoms with van der Waals surface area (Å²) in [4.78, 5) is 0. The molecule has 0 amide bonds. The van der Waals surface area contributed by atoms with Crippen molar-refractivity contribution in [1.82, 2.24) is 0 Å². The molecule has 0 aromatic rings. The van der Waals surface area contributed by atoms with Gasteiger partial charge in [0.25, 0.3) is 0 Å². The second-order valence-corrected chi connectivity index (χ2v) is 10.3. The van der Waals surface area contributed by atoms with Crippen molar-refractivity contribution >= 4 is 11.0 Å². The molecule has 0 bridgehead atoms. The van der Waals surface area contributed by atoms with Crippen LogP contribution in [0.1, 0.15) is 27.7 Å². The third-order valence-electron chi connectivity index (χ3n) is 3.18. The summed E-state index contributed by atoms with van der Waals surface area (Å²) in [5.74, 6) is 0.773. The molecule has 89 valence electrons. The van der Waals surface area contributed by atoms with Crippen LogP contribution in [0.25, 0.3) is 0 Å². The average Bonchev–Trinajstić information content (AvgIpc) is 2.16. The molecule has 0 fully saturated rings. The molecule has 0 saturated heterocycles. The van der Waals surface area contributed by atoms with E-state index >= 15 is 0 Å². The van der Waals surface area contributed by atoms with Crippen molar-refractivity contribution in [2.75, 3.05) is 0 Å². The topological polar surface area (TPSA) is 0 Å². The van der Waals surface area contributed by atoms with Crippen molar-refractivity contribution in [2.45, 2.75) is 37.0 Å². The van der Waals surface area contributed by atoms with E-state index in [2.05, 4.69) is 37.0 Å². The predicted molar refractivity (Wildman–Crippen MR) is 63.3 cm³/mol. The fraction of sp³-hybridized carbons (Fsp3) is 0.636. The molecule has 1 aliphatic carbocycles. The zero-order valence-corrected chi connectivity index (χ0v) is 13.8. The van der Waals surface area contributed by atoms with E-state index in [0.29, 0.717) is 0 Å². The predicted octanol–water partition coefficient (Wildman–Crippen LogP) is -3.48. The first-order valence-electron chi connectivity index (χ1n) is 4.65. The maximum absolute atomic E-state index is 2.49. The molecule has 1 aliphatic rings. The normalized spacial score (nSPS) is 19.2. The average molecular weight is 346 g/mol. The van der Waals surface area contributed by atoms with E-state index in [9.17, 15) is 0 Å². The Morgan fingerprint density at radius 1 is 0.933 bits per heavy atom. The molecule has 1 unspecified atom stereocenters. The first-order chi connectivity index (χ1) is 5.46. The van der Waals surface area contributed by atoms with Crippen molar-refractivity contribution in [2.24, 2.45) is 5.92 Å². The third kappa shape index (κ3) is 4.15. The summed E-state index contributed by atoms with van der Waals surface area (Å²) >= 11 is -1.11. The van der Waals surface area contributed by atoms with Gasteiger partial charge in [-0.3, -0.25) is 0 Å². The molecule has 0 radical (unpaired) electrons. The number of allylic oxidation sites excluding steroid dienone is 4. The quantitative estimate of drug-likeness (QED) is 0.433. The largest absolute Gasteiger partial charge is 1.00 e. The molecule has 0 aromatic carbocycles. The second kappa shape index (κ2) is 8.28. The van der Waals surface area contributed by atoms with Gasteiger partial charge in [0.1, 0.15) is 0 Å². The SMILES string of the molecule is CC1=C(C)C(C)[C]([Zr+2]([CH3])[CH3])=C1C.[Cl-].[Cl-].[SiH4]. The van der Waals surface area contributed by atoms with Crippen molar-refractivity contribution in [3.05, 3.63) is 20.0 Å². The van der Waals surface area contributed by atoms with Crippen LogP contribution < -0.4 is 24.8 Å². The van der Waals surface area contributed by atoms with E-state index in [4.69, 9.17) is 0 Å². The van der Waals surface area contributed by atoms with E-state index in [1.165, 1.54) is 0 Å². The van der Waals surface area contributed by atoms with Crippen LogP contribution in [0, 0.1) is 5.92 Å². The van der Waals surface area contributed by atoms with Crippen LogP contribution in [-0.4, -0.2) is 11.0 Å². The molecule has 0 aromatic heterocycles. The summed E-state index contributed by atoms with van der Waals surface area (Å²) in [6.45, 7) is 9.26. The standard InChI is InChI=1S/C9H13.2CH3.2ClH.H4Si.Zr/c1-6-5-7(2)9(4)8(6)3;;;;;;/h6H,1-4H3;2*1H3;2*1H;1H4;/q;;;;;;+2/p-2. The molecule has 0 aliphatic heterocycles. The minimum atomic E-state index is -1.11. The summed E-state index contributed by atoms with van der Waals surface area (Å²) in [6, 6.07) is 0. The van der Waals surface area contributed by atoms with E-state index in [-0.39, 0.29) is 35.8 Å². The minimum Gasteiger partial charge on any atom is -1.00 e. The third-order valence-corrected chi connectivity index (χ3v) is 7.81. The molecule has 0 heterocycles. The van der Waals surface area contributed by atoms with Crippen LogP contribution in [0.3, 0.4) is 0 Å². The van der Waals surface area contributed by atoms with E-state index in [1.54, 1.807) is 16.7 Å². The molecule has 1 atom stereocenters. The van der Waals surface area contributed by atoms with Gasteiger partial charge in [-0.05, 0) is 11.0 Å². The molecule has 1 rings (SSSR count). The second-order valence-electron chi connectivity index (χ2n) is 4.07. The fourth-order valence-electron chi connectivity index (χ4n) is 2.17. The van der Waals surface area contributed by atoms with Crippen molar-refractivity contribution in [3.63, 3.8) is 0 Å². The molecular formula is C11H23Cl2SiZr. The van der Waals surface area contributed by atoms with E-state index in [1.807, 2.05) is 3.28 Å². The summed E-state index contributed by atoms with van der Waals surface area (Å²) in [6.07, 6.45) is 0. The molecule has 0 saturated carbocycles. The first-order valence-corrected chi connectivity index (χ1v) is 10.8. The van der Waals surface area contributed by atoms with Crippen LogP contribution >= 0.6 is 0 Å². The number of rotatable bonds is 1. The molecule has 0 nitrogen and oxygen atoms in total. The van der Waals surface area contributed by atoms with Crippen LogP contribution in [-0.2, 0) is 21.8 Å². The summed E-state index contributed by atoms with van der Waals surface area (Å²) in [5.41, 5.74) is 4.81. The number of hydrogen-bond acceptors (Lipinski definition) is 0. The molecule has 0 N–H and O–H groups in total. The molecule has 4 heteroatoms. The molecule has 0 spiro atoms. The Bertz CT molecular complexity index is 270. The maximum Gasteiger partial charge on any atom is -0.0149 e. The number of halogens is 2. The van der Waals surface area contributed by atoms with Crippen LogP contribution in [0.2, 0.25) is 9.26 Å². The summed E-state index contributed by atoms with van der Waals surface area (Å²) < 4.78 is 6.82. The zero-order valence-electron chi connectivity index (χ0n) is 9.83. The Morgan fingerprint density at radius 3 is 1.47 bits per heavy atom. The summed E-state index contributed by atoms with van der Waals surface area (Å²) in [7, 11) is 0. The Morgan fingerprint density at radius 2 is 1.33 bits per heavy atom. The van der Waals surface area contributed by atoms with E-state index in [0.717, 1.165) is 5.92 Å². The molecule has 15 heavy (non-hydrogen) atoms. The van der Waals surface area contributed by atoms with Crippen molar-refractivity contribution in [3.8, 4) is 0 Å². The summed E-state index contributed by atoms with van der Waals surface area (Å²) in [5, 5.41) is 0. The van der Waals surface area contributed by atoms with Gasteiger partial charge in [-0.25, -0.2) is 0 Å².